The first-order valence-corrected chi connectivity index (χ1v) is 7.05. The quantitative estimate of drug-likeness (QED) is 0.868. The summed E-state index contributed by atoms with van der Waals surface area (Å²) in [7, 11) is 0. The number of hydrogen-bond donors (Lipinski definition) is 1. The van der Waals surface area contributed by atoms with Gasteiger partial charge in [0.1, 0.15) is 0 Å². The van der Waals surface area contributed by atoms with Crippen LogP contribution in [0.25, 0.3) is 0 Å². The summed E-state index contributed by atoms with van der Waals surface area (Å²) in [4.78, 5) is 0. The summed E-state index contributed by atoms with van der Waals surface area (Å²) in [5.74, 6) is 0. The van der Waals surface area contributed by atoms with E-state index >= 15 is 0 Å². The van der Waals surface area contributed by atoms with Crippen molar-refractivity contribution < 1.29 is 4.74 Å². The van der Waals surface area contributed by atoms with Crippen molar-refractivity contribution in [2.45, 2.75) is 24.6 Å². The SMILES string of the molecule is CSC(C)c1cccc(NC2CCOC2)c1. The maximum absolute atomic E-state index is 5.36. The zero-order valence-electron chi connectivity index (χ0n) is 9.90. The predicted molar refractivity (Wildman–Crippen MR) is 71.2 cm³/mol. The summed E-state index contributed by atoms with van der Waals surface area (Å²) in [6, 6.07) is 9.19. The van der Waals surface area contributed by atoms with Crippen molar-refractivity contribution in [2.24, 2.45) is 0 Å². The first kappa shape index (κ1) is 11.8. The Morgan fingerprint density at radius 3 is 3.06 bits per heavy atom. The van der Waals surface area contributed by atoms with E-state index in [1.807, 2.05) is 11.8 Å². The monoisotopic (exact) mass is 237 g/mol. The van der Waals surface area contributed by atoms with Crippen LogP contribution in [0.3, 0.4) is 0 Å². The second kappa shape index (κ2) is 5.60. The number of rotatable bonds is 4. The van der Waals surface area contributed by atoms with Crippen LogP contribution in [0.1, 0.15) is 24.2 Å². The molecule has 0 bridgehead atoms. The third-order valence-electron chi connectivity index (χ3n) is 3.01. The molecular weight excluding hydrogens is 218 g/mol. The van der Waals surface area contributed by atoms with Gasteiger partial charge in [-0.15, -0.1) is 0 Å². The fourth-order valence-electron chi connectivity index (χ4n) is 1.90. The smallest absolute Gasteiger partial charge is 0.0668 e. The molecule has 1 aromatic rings. The summed E-state index contributed by atoms with van der Waals surface area (Å²) >= 11 is 1.88. The summed E-state index contributed by atoms with van der Waals surface area (Å²) in [5.41, 5.74) is 2.60. The minimum absolute atomic E-state index is 0.486. The van der Waals surface area contributed by atoms with Gasteiger partial charge in [0, 0.05) is 17.5 Å². The highest BCUT2D eigenvalue weighted by Crippen LogP contribution is 2.27. The molecule has 1 aliphatic rings. The fourth-order valence-corrected chi connectivity index (χ4v) is 2.32. The van der Waals surface area contributed by atoms with Crippen molar-refractivity contribution in [1.82, 2.24) is 0 Å². The van der Waals surface area contributed by atoms with Gasteiger partial charge in [-0.2, -0.15) is 11.8 Å². The highest BCUT2D eigenvalue weighted by molar-refractivity contribution is 7.98. The molecule has 1 aromatic carbocycles. The Hall–Kier alpha value is -0.670. The Balaban J connectivity index is 2.03. The average molecular weight is 237 g/mol. The van der Waals surface area contributed by atoms with Gasteiger partial charge in [-0.1, -0.05) is 12.1 Å². The lowest BCUT2D eigenvalue weighted by Gasteiger charge is -2.15. The summed E-state index contributed by atoms with van der Waals surface area (Å²) in [5, 5.41) is 4.08. The van der Waals surface area contributed by atoms with Gasteiger partial charge in [-0.25, -0.2) is 0 Å². The lowest BCUT2D eigenvalue weighted by molar-refractivity contribution is 0.195. The molecule has 0 aromatic heterocycles. The van der Waals surface area contributed by atoms with Crippen molar-refractivity contribution in [1.29, 1.82) is 0 Å². The van der Waals surface area contributed by atoms with Gasteiger partial charge >= 0.3 is 0 Å². The molecule has 0 amide bonds. The van der Waals surface area contributed by atoms with E-state index < -0.39 is 0 Å². The molecule has 2 rings (SSSR count). The van der Waals surface area contributed by atoms with Crippen LogP contribution in [0.15, 0.2) is 24.3 Å². The molecule has 1 saturated heterocycles. The average Bonchev–Trinajstić information content (AvgIpc) is 2.81. The van der Waals surface area contributed by atoms with Gasteiger partial charge in [-0.05, 0) is 37.3 Å². The molecule has 1 aliphatic heterocycles. The molecular formula is C13H19NOS. The van der Waals surface area contributed by atoms with E-state index in [0.717, 1.165) is 19.6 Å². The van der Waals surface area contributed by atoms with Crippen LogP contribution >= 0.6 is 11.8 Å². The normalized spacial score (nSPS) is 22.0. The van der Waals surface area contributed by atoms with Crippen molar-refractivity contribution in [3.63, 3.8) is 0 Å². The third-order valence-corrected chi connectivity index (χ3v) is 3.99. The van der Waals surface area contributed by atoms with Crippen molar-refractivity contribution in [3.8, 4) is 0 Å². The largest absolute Gasteiger partial charge is 0.380 e. The van der Waals surface area contributed by atoms with Gasteiger partial charge < -0.3 is 10.1 Å². The fraction of sp³-hybridized carbons (Fsp3) is 0.538. The molecule has 1 N–H and O–H groups in total. The van der Waals surface area contributed by atoms with E-state index in [1.54, 1.807) is 0 Å². The molecule has 3 heteroatoms. The third kappa shape index (κ3) is 2.92. The first-order chi connectivity index (χ1) is 7.79. The van der Waals surface area contributed by atoms with Crippen LogP contribution in [-0.2, 0) is 4.74 Å². The van der Waals surface area contributed by atoms with E-state index in [-0.39, 0.29) is 0 Å². The van der Waals surface area contributed by atoms with Crippen molar-refractivity contribution in [2.75, 3.05) is 24.8 Å². The first-order valence-electron chi connectivity index (χ1n) is 5.76. The number of hydrogen-bond acceptors (Lipinski definition) is 3. The Labute approximate surface area is 102 Å². The highest BCUT2D eigenvalue weighted by Gasteiger charge is 2.15. The second-order valence-electron chi connectivity index (χ2n) is 4.21. The Morgan fingerprint density at radius 1 is 1.50 bits per heavy atom. The lowest BCUT2D eigenvalue weighted by Crippen LogP contribution is -2.18. The van der Waals surface area contributed by atoms with Crippen LogP contribution in [0.2, 0.25) is 0 Å². The number of thioether (sulfide) groups is 1. The molecule has 0 aliphatic carbocycles. The molecule has 0 spiro atoms. The molecule has 16 heavy (non-hydrogen) atoms. The second-order valence-corrected chi connectivity index (χ2v) is 5.39. The van der Waals surface area contributed by atoms with E-state index in [2.05, 4.69) is 42.8 Å². The van der Waals surface area contributed by atoms with E-state index in [4.69, 9.17) is 4.74 Å². The van der Waals surface area contributed by atoms with Crippen LogP contribution in [0, 0.1) is 0 Å². The van der Waals surface area contributed by atoms with Crippen LogP contribution in [-0.4, -0.2) is 25.5 Å². The topological polar surface area (TPSA) is 21.3 Å². The van der Waals surface area contributed by atoms with E-state index in [1.165, 1.54) is 11.3 Å². The van der Waals surface area contributed by atoms with Crippen molar-refractivity contribution in [3.05, 3.63) is 29.8 Å². The van der Waals surface area contributed by atoms with Crippen LogP contribution in [0.4, 0.5) is 5.69 Å². The van der Waals surface area contributed by atoms with Gasteiger partial charge in [0.25, 0.3) is 0 Å². The minimum atomic E-state index is 0.486. The Bertz CT molecular complexity index is 336. The zero-order valence-corrected chi connectivity index (χ0v) is 10.7. The summed E-state index contributed by atoms with van der Waals surface area (Å²) in [6.07, 6.45) is 3.26. The molecule has 88 valence electrons. The molecule has 2 unspecified atom stereocenters. The summed E-state index contributed by atoms with van der Waals surface area (Å²) in [6.45, 7) is 3.96. The van der Waals surface area contributed by atoms with E-state index in [9.17, 15) is 0 Å². The number of nitrogens with one attached hydrogen (secondary N) is 1. The minimum Gasteiger partial charge on any atom is -0.380 e. The lowest BCUT2D eigenvalue weighted by atomic mass is 10.1. The number of anilines is 1. The Morgan fingerprint density at radius 2 is 2.38 bits per heavy atom. The van der Waals surface area contributed by atoms with Gasteiger partial charge in [0.2, 0.25) is 0 Å². The van der Waals surface area contributed by atoms with Crippen LogP contribution in [0.5, 0.6) is 0 Å². The molecule has 1 fully saturated rings. The number of benzene rings is 1. The van der Waals surface area contributed by atoms with Gasteiger partial charge in [-0.3, -0.25) is 0 Å². The Kier molecular flexibility index (Phi) is 4.13. The molecule has 0 radical (unpaired) electrons. The molecule has 1 heterocycles. The van der Waals surface area contributed by atoms with Crippen molar-refractivity contribution >= 4 is 17.4 Å². The maximum Gasteiger partial charge on any atom is 0.0668 e. The van der Waals surface area contributed by atoms with E-state index in [0.29, 0.717) is 11.3 Å². The summed E-state index contributed by atoms with van der Waals surface area (Å²) < 4.78 is 5.36. The highest BCUT2D eigenvalue weighted by atomic mass is 32.2. The predicted octanol–water partition coefficient (Wildman–Crippen LogP) is 3.31. The van der Waals surface area contributed by atoms with Crippen LogP contribution < -0.4 is 5.32 Å². The standard InChI is InChI=1S/C13H19NOS/c1-10(16-2)11-4-3-5-12(8-11)14-13-6-7-15-9-13/h3-5,8,10,13-14H,6-7,9H2,1-2H3. The van der Waals surface area contributed by atoms with Gasteiger partial charge in [0.05, 0.1) is 12.6 Å². The number of ether oxygens (including phenoxy) is 1. The molecule has 2 nitrogen and oxygen atoms in total. The zero-order chi connectivity index (χ0) is 11.4. The maximum atomic E-state index is 5.36. The molecule has 2 atom stereocenters. The van der Waals surface area contributed by atoms with Gasteiger partial charge in [0.15, 0.2) is 0 Å². The molecule has 0 saturated carbocycles.